The molecule has 2 heterocycles. The third-order valence-electron chi connectivity index (χ3n) is 4.02. The van der Waals surface area contributed by atoms with Crippen molar-refractivity contribution in [2.75, 3.05) is 5.32 Å². The van der Waals surface area contributed by atoms with Crippen molar-refractivity contribution in [3.8, 4) is 11.6 Å². The highest BCUT2D eigenvalue weighted by Gasteiger charge is 2.33. The van der Waals surface area contributed by atoms with E-state index in [4.69, 9.17) is 27.6 Å². The minimum absolute atomic E-state index is 0.279. The van der Waals surface area contributed by atoms with Crippen LogP contribution in [0.5, 0.6) is 0 Å². The van der Waals surface area contributed by atoms with E-state index < -0.39 is 11.7 Å². The predicted octanol–water partition coefficient (Wildman–Crippen LogP) is 5.55. The molecule has 144 valence electrons. The largest absolute Gasteiger partial charge is 0.453 e. The fraction of sp³-hybridized carbons (Fsp3) is 0.118. The number of alkyl halides is 3. The van der Waals surface area contributed by atoms with E-state index in [1.165, 1.54) is 12.1 Å². The summed E-state index contributed by atoms with van der Waals surface area (Å²) in [7, 11) is 0. The van der Waals surface area contributed by atoms with Crippen LogP contribution in [0.3, 0.4) is 0 Å². The van der Waals surface area contributed by atoms with Crippen molar-refractivity contribution in [3.63, 3.8) is 0 Å². The van der Waals surface area contributed by atoms with Crippen LogP contribution in [0.2, 0.25) is 10.0 Å². The van der Waals surface area contributed by atoms with Crippen LogP contribution >= 0.6 is 23.2 Å². The van der Waals surface area contributed by atoms with Crippen molar-refractivity contribution >= 4 is 39.9 Å². The van der Waals surface area contributed by atoms with Gasteiger partial charge in [0.25, 0.3) is 0 Å². The molecule has 2 aromatic heterocycles. The summed E-state index contributed by atoms with van der Waals surface area (Å²) in [6.45, 7) is 0.279. The number of furan rings is 1. The number of aromatic amines is 1. The molecular formula is C17H10Cl2F3N5O. The Balaban J connectivity index is 1.56. The van der Waals surface area contributed by atoms with Gasteiger partial charge in [0.05, 0.1) is 10.6 Å². The van der Waals surface area contributed by atoms with Crippen LogP contribution in [0, 0.1) is 0 Å². The normalized spacial score (nSPS) is 11.9. The van der Waals surface area contributed by atoms with Gasteiger partial charge >= 0.3 is 6.18 Å². The van der Waals surface area contributed by atoms with Gasteiger partial charge in [0.1, 0.15) is 5.58 Å². The Morgan fingerprint density at radius 2 is 1.89 bits per heavy atom. The first-order valence-electron chi connectivity index (χ1n) is 7.88. The second-order valence-electron chi connectivity index (χ2n) is 5.89. The smallest absolute Gasteiger partial charge is 0.417 e. The number of halogens is 5. The zero-order chi connectivity index (χ0) is 19.9. The molecule has 0 aliphatic rings. The molecule has 4 rings (SSSR count). The van der Waals surface area contributed by atoms with Gasteiger partial charge < -0.3 is 9.73 Å². The maximum Gasteiger partial charge on any atom is 0.417 e. The first-order chi connectivity index (χ1) is 13.3. The van der Waals surface area contributed by atoms with Gasteiger partial charge in [-0.25, -0.2) is 5.10 Å². The predicted molar refractivity (Wildman–Crippen MR) is 98.2 cm³/mol. The topological polar surface area (TPSA) is 79.6 Å². The molecule has 0 saturated carbocycles. The molecule has 4 aromatic rings. The highest BCUT2D eigenvalue weighted by Crippen LogP contribution is 2.36. The van der Waals surface area contributed by atoms with E-state index in [9.17, 15) is 13.2 Å². The lowest BCUT2D eigenvalue weighted by Gasteiger charge is -2.12. The molecule has 0 aliphatic heterocycles. The molecular weight excluding hydrogens is 418 g/mol. The Labute approximate surface area is 165 Å². The van der Waals surface area contributed by atoms with E-state index in [0.717, 1.165) is 17.0 Å². The molecule has 28 heavy (non-hydrogen) atoms. The van der Waals surface area contributed by atoms with E-state index in [-0.39, 0.29) is 11.6 Å². The van der Waals surface area contributed by atoms with E-state index in [1.54, 1.807) is 12.1 Å². The summed E-state index contributed by atoms with van der Waals surface area (Å²) in [6.07, 6.45) is -4.50. The van der Waals surface area contributed by atoms with E-state index in [2.05, 4.69) is 25.9 Å². The molecule has 0 fully saturated rings. The fourth-order valence-corrected chi connectivity index (χ4v) is 3.19. The summed E-state index contributed by atoms with van der Waals surface area (Å²) < 4.78 is 44.0. The second-order valence-corrected chi connectivity index (χ2v) is 6.70. The third-order valence-corrected chi connectivity index (χ3v) is 4.69. The standard InChI is InChI=1S/C17H10Cl2F3N5O/c18-12-6-14-8(4-15(28-14)16-24-26-27-25-16)3-9(12)7-23-10-1-2-11(13(19)5-10)17(20,21)22/h1-6,23H,7H2,(H,24,25,26,27). The Morgan fingerprint density at radius 1 is 1.07 bits per heavy atom. The number of nitrogens with one attached hydrogen (secondary N) is 2. The molecule has 0 spiro atoms. The van der Waals surface area contributed by atoms with Crippen molar-refractivity contribution in [3.05, 3.63) is 57.6 Å². The average Bonchev–Trinajstić information content (AvgIpc) is 3.27. The number of aromatic nitrogens is 4. The number of rotatable bonds is 4. The van der Waals surface area contributed by atoms with Crippen LogP contribution in [0.4, 0.5) is 18.9 Å². The lowest BCUT2D eigenvalue weighted by molar-refractivity contribution is -0.137. The van der Waals surface area contributed by atoms with Gasteiger partial charge in [-0.1, -0.05) is 23.2 Å². The van der Waals surface area contributed by atoms with Gasteiger partial charge in [-0.3, -0.25) is 0 Å². The van der Waals surface area contributed by atoms with Crippen LogP contribution < -0.4 is 5.32 Å². The molecule has 0 saturated heterocycles. The van der Waals surface area contributed by atoms with Crippen LogP contribution in [0.25, 0.3) is 22.6 Å². The van der Waals surface area contributed by atoms with E-state index >= 15 is 0 Å². The zero-order valence-corrected chi connectivity index (χ0v) is 15.3. The second kappa shape index (κ2) is 6.99. The van der Waals surface area contributed by atoms with Gasteiger partial charge in [0.2, 0.25) is 5.82 Å². The van der Waals surface area contributed by atoms with Crippen LogP contribution in [0.15, 0.2) is 40.8 Å². The molecule has 0 amide bonds. The number of H-pyrrole nitrogens is 1. The van der Waals surface area contributed by atoms with Crippen molar-refractivity contribution in [1.82, 2.24) is 20.6 Å². The van der Waals surface area contributed by atoms with Crippen molar-refractivity contribution < 1.29 is 17.6 Å². The lowest BCUT2D eigenvalue weighted by Crippen LogP contribution is -2.06. The fourth-order valence-electron chi connectivity index (χ4n) is 2.68. The molecule has 0 aliphatic carbocycles. The number of hydrogen-bond acceptors (Lipinski definition) is 5. The molecule has 0 atom stereocenters. The quantitative estimate of drug-likeness (QED) is 0.446. The number of tetrazole rings is 1. The maximum absolute atomic E-state index is 12.8. The molecule has 2 aromatic carbocycles. The summed E-state index contributed by atoms with van der Waals surface area (Å²) in [5.41, 5.74) is 0.840. The van der Waals surface area contributed by atoms with Gasteiger partial charge in [-0.05, 0) is 46.3 Å². The van der Waals surface area contributed by atoms with E-state index in [0.29, 0.717) is 27.9 Å². The number of anilines is 1. The van der Waals surface area contributed by atoms with E-state index in [1.807, 2.05) is 6.07 Å². The van der Waals surface area contributed by atoms with Crippen LogP contribution in [-0.4, -0.2) is 20.6 Å². The monoisotopic (exact) mass is 427 g/mol. The molecule has 0 unspecified atom stereocenters. The summed E-state index contributed by atoms with van der Waals surface area (Å²) in [4.78, 5) is 0. The number of nitrogens with zero attached hydrogens (tertiary/aromatic N) is 3. The lowest BCUT2D eigenvalue weighted by atomic mass is 10.1. The Kier molecular flexibility index (Phi) is 4.64. The molecule has 2 N–H and O–H groups in total. The highest BCUT2D eigenvalue weighted by atomic mass is 35.5. The minimum atomic E-state index is -4.50. The molecule has 0 radical (unpaired) electrons. The first-order valence-corrected chi connectivity index (χ1v) is 8.63. The Morgan fingerprint density at radius 3 is 2.57 bits per heavy atom. The summed E-state index contributed by atoms with van der Waals surface area (Å²) in [5, 5.41) is 17.2. The van der Waals surface area contributed by atoms with Crippen LogP contribution in [-0.2, 0) is 12.7 Å². The molecule has 6 nitrogen and oxygen atoms in total. The Bertz CT molecular complexity index is 1140. The number of benzene rings is 2. The summed E-state index contributed by atoms with van der Waals surface area (Å²) in [6, 6.07) is 8.70. The zero-order valence-electron chi connectivity index (χ0n) is 13.8. The van der Waals surface area contributed by atoms with Gasteiger partial charge in [0, 0.05) is 28.7 Å². The average molecular weight is 428 g/mol. The van der Waals surface area contributed by atoms with Gasteiger partial charge in [-0.15, -0.1) is 5.10 Å². The van der Waals surface area contributed by atoms with Gasteiger partial charge in [0.15, 0.2) is 5.76 Å². The van der Waals surface area contributed by atoms with Crippen molar-refractivity contribution in [1.29, 1.82) is 0 Å². The summed E-state index contributed by atoms with van der Waals surface area (Å²) >= 11 is 12.0. The van der Waals surface area contributed by atoms with Gasteiger partial charge in [-0.2, -0.15) is 13.2 Å². The van der Waals surface area contributed by atoms with Crippen LogP contribution in [0.1, 0.15) is 11.1 Å². The molecule has 11 heteroatoms. The van der Waals surface area contributed by atoms with Crippen molar-refractivity contribution in [2.24, 2.45) is 0 Å². The first kappa shape index (κ1) is 18.6. The number of hydrogen-bond donors (Lipinski definition) is 2. The summed E-state index contributed by atoms with van der Waals surface area (Å²) in [5.74, 6) is 0.835. The van der Waals surface area contributed by atoms with Crippen molar-refractivity contribution in [2.45, 2.75) is 12.7 Å². The minimum Gasteiger partial charge on any atom is -0.453 e. The highest BCUT2D eigenvalue weighted by molar-refractivity contribution is 6.32. The number of fused-ring (bicyclic) bond motifs is 1. The maximum atomic E-state index is 12.8. The molecule has 0 bridgehead atoms. The third kappa shape index (κ3) is 3.63. The SMILES string of the molecule is FC(F)(F)c1ccc(NCc2cc3cc(-c4nnn[nH]4)oc3cc2Cl)cc1Cl. The Hall–Kier alpha value is -2.78.